The van der Waals surface area contributed by atoms with Crippen molar-refractivity contribution >= 4 is 32.6 Å². The standard InChI is InChI=1S/C17H17N5OS/c23-16(14-6-7-18-12-19-14)21-8-3-9-22(11-10-21)17-20-13-4-1-2-5-15(13)24-17/h1-2,4-7,12H,3,8-11H2. The van der Waals surface area contributed by atoms with E-state index >= 15 is 0 Å². The Morgan fingerprint density at radius 2 is 2.00 bits per heavy atom. The molecule has 1 aromatic carbocycles. The van der Waals surface area contributed by atoms with Crippen LogP contribution in [-0.4, -0.2) is 51.9 Å². The summed E-state index contributed by atoms with van der Waals surface area (Å²) in [6.07, 6.45) is 3.94. The van der Waals surface area contributed by atoms with Crippen LogP contribution in [0.4, 0.5) is 5.13 Å². The molecule has 1 fully saturated rings. The second-order valence-corrected chi connectivity index (χ2v) is 6.70. The van der Waals surface area contributed by atoms with E-state index in [0.29, 0.717) is 12.2 Å². The molecule has 7 heteroatoms. The van der Waals surface area contributed by atoms with Crippen LogP contribution >= 0.6 is 11.3 Å². The number of aromatic nitrogens is 3. The van der Waals surface area contributed by atoms with Gasteiger partial charge in [-0.05, 0) is 24.6 Å². The van der Waals surface area contributed by atoms with Crippen molar-refractivity contribution in [2.45, 2.75) is 6.42 Å². The number of thiazole rings is 1. The lowest BCUT2D eigenvalue weighted by molar-refractivity contribution is 0.0761. The topological polar surface area (TPSA) is 62.2 Å². The predicted molar refractivity (Wildman–Crippen MR) is 94.4 cm³/mol. The van der Waals surface area contributed by atoms with Gasteiger partial charge in [0.15, 0.2) is 5.13 Å². The van der Waals surface area contributed by atoms with Gasteiger partial charge >= 0.3 is 0 Å². The summed E-state index contributed by atoms with van der Waals surface area (Å²) in [4.78, 5) is 29.3. The summed E-state index contributed by atoms with van der Waals surface area (Å²) in [5, 5.41) is 1.03. The van der Waals surface area contributed by atoms with Gasteiger partial charge in [-0.2, -0.15) is 0 Å². The molecule has 0 atom stereocenters. The van der Waals surface area contributed by atoms with Gasteiger partial charge in [0.2, 0.25) is 0 Å². The molecule has 0 saturated carbocycles. The number of fused-ring (bicyclic) bond motifs is 1. The van der Waals surface area contributed by atoms with Crippen LogP contribution in [0.1, 0.15) is 16.9 Å². The second-order valence-electron chi connectivity index (χ2n) is 5.69. The van der Waals surface area contributed by atoms with Crippen LogP contribution in [0.2, 0.25) is 0 Å². The number of hydrogen-bond acceptors (Lipinski definition) is 6. The van der Waals surface area contributed by atoms with E-state index in [4.69, 9.17) is 4.98 Å². The quantitative estimate of drug-likeness (QED) is 0.718. The first-order valence-corrected chi connectivity index (χ1v) is 8.79. The molecule has 122 valence electrons. The highest BCUT2D eigenvalue weighted by atomic mass is 32.1. The van der Waals surface area contributed by atoms with Crippen molar-refractivity contribution in [3.63, 3.8) is 0 Å². The zero-order valence-corrected chi connectivity index (χ0v) is 13.9. The molecular formula is C17H17N5OS. The third-order valence-electron chi connectivity index (χ3n) is 4.14. The molecule has 24 heavy (non-hydrogen) atoms. The first-order valence-electron chi connectivity index (χ1n) is 7.97. The van der Waals surface area contributed by atoms with Gasteiger partial charge < -0.3 is 9.80 Å². The SMILES string of the molecule is O=C(c1ccncn1)N1CCCN(c2nc3ccccc3s2)CC1. The first-order chi connectivity index (χ1) is 11.8. The molecule has 6 nitrogen and oxygen atoms in total. The molecule has 1 aliphatic rings. The van der Waals surface area contributed by atoms with Gasteiger partial charge in [0.05, 0.1) is 10.2 Å². The van der Waals surface area contributed by atoms with Gasteiger partial charge in [-0.15, -0.1) is 0 Å². The van der Waals surface area contributed by atoms with Crippen molar-refractivity contribution in [1.29, 1.82) is 0 Å². The minimum atomic E-state index is -0.0245. The second kappa shape index (κ2) is 6.52. The summed E-state index contributed by atoms with van der Waals surface area (Å²) in [5.41, 5.74) is 1.49. The van der Waals surface area contributed by atoms with Crippen LogP contribution in [0.15, 0.2) is 42.9 Å². The average molecular weight is 339 g/mol. The van der Waals surface area contributed by atoms with E-state index in [9.17, 15) is 4.79 Å². The third-order valence-corrected chi connectivity index (χ3v) is 5.23. The predicted octanol–water partition coefficient (Wildman–Crippen LogP) is 2.44. The zero-order chi connectivity index (χ0) is 16.4. The number of para-hydroxylation sites is 1. The molecule has 0 unspecified atom stereocenters. The van der Waals surface area contributed by atoms with E-state index in [2.05, 4.69) is 20.9 Å². The van der Waals surface area contributed by atoms with Crippen molar-refractivity contribution in [3.8, 4) is 0 Å². The summed E-state index contributed by atoms with van der Waals surface area (Å²) in [5.74, 6) is -0.0245. The lowest BCUT2D eigenvalue weighted by atomic mass is 10.3. The van der Waals surface area contributed by atoms with E-state index in [1.165, 1.54) is 11.0 Å². The molecule has 2 aromatic heterocycles. The minimum Gasteiger partial charge on any atom is -0.346 e. The molecular weight excluding hydrogens is 322 g/mol. The van der Waals surface area contributed by atoms with Crippen LogP contribution in [0.3, 0.4) is 0 Å². The number of anilines is 1. The Morgan fingerprint density at radius 1 is 1.08 bits per heavy atom. The molecule has 0 N–H and O–H groups in total. The fourth-order valence-corrected chi connectivity index (χ4v) is 3.90. The molecule has 3 aromatic rings. The highest BCUT2D eigenvalue weighted by molar-refractivity contribution is 7.22. The molecule has 0 spiro atoms. The summed E-state index contributed by atoms with van der Waals surface area (Å²) in [6.45, 7) is 3.12. The number of nitrogens with zero attached hydrogens (tertiary/aromatic N) is 5. The van der Waals surface area contributed by atoms with E-state index in [1.807, 2.05) is 23.1 Å². The summed E-state index contributed by atoms with van der Waals surface area (Å²) < 4.78 is 1.20. The number of hydrogen-bond donors (Lipinski definition) is 0. The van der Waals surface area contributed by atoms with E-state index < -0.39 is 0 Å². The summed E-state index contributed by atoms with van der Waals surface area (Å²) in [6, 6.07) is 9.85. The van der Waals surface area contributed by atoms with Gasteiger partial charge in [0.1, 0.15) is 12.0 Å². The largest absolute Gasteiger partial charge is 0.346 e. The Balaban J connectivity index is 1.49. The van der Waals surface area contributed by atoms with Crippen LogP contribution in [0.25, 0.3) is 10.2 Å². The van der Waals surface area contributed by atoms with E-state index in [1.54, 1.807) is 23.6 Å². The number of carbonyl (C=O) groups excluding carboxylic acids is 1. The Hall–Kier alpha value is -2.54. The van der Waals surface area contributed by atoms with Gasteiger partial charge in [-0.1, -0.05) is 23.5 Å². The first kappa shape index (κ1) is 15.0. The number of rotatable bonds is 2. The van der Waals surface area contributed by atoms with Gasteiger partial charge in [-0.3, -0.25) is 4.79 Å². The maximum atomic E-state index is 12.5. The average Bonchev–Trinajstić information content (AvgIpc) is 2.91. The maximum absolute atomic E-state index is 12.5. The fourth-order valence-electron chi connectivity index (χ4n) is 2.89. The molecule has 1 amide bonds. The van der Waals surface area contributed by atoms with Gasteiger partial charge in [0.25, 0.3) is 5.91 Å². The van der Waals surface area contributed by atoms with Crippen LogP contribution < -0.4 is 4.90 Å². The number of benzene rings is 1. The van der Waals surface area contributed by atoms with Gasteiger partial charge in [0, 0.05) is 32.4 Å². The molecule has 0 aliphatic carbocycles. The van der Waals surface area contributed by atoms with E-state index in [-0.39, 0.29) is 5.91 Å². The van der Waals surface area contributed by atoms with Crippen LogP contribution in [-0.2, 0) is 0 Å². The van der Waals surface area contributed by atoms with Crippen molar-refractivity contribution in [2.24, 2.45) is 0 Å². The molecule has 1 saturated heterocycles. The third kappa shape index (κ3) is 2.94. The zero-order valence-electron chi connectivity index (χ0n) is 13.1. The molecule has 3 heterocycles. The summed E-state index contributed by atoms with van der Waals surface area (Å²) >= 11 is 1.71. The van der Waals surface area contributed by atoms with Gasteiger partial charge in [-0.25, -0.2) is 15.0 Å². The lowest BCUT2D eigenvalue weighted by Crippen LogP contribution is -2.35. The summed E-state index contributed by atoms with van der Waals surface area (Å²) in [7, 11) is 0. The van der Waals surface area contributed by atoms with E-state index in [0.717, 1.165) is 36.7 Å². The highest BCUT2D eigenvalue weighted by Gasteiger charge is 2.22. The molecule has 0 bridgehead atoms. The van der Waals surface area contributed by atoms with Crippen molar-refractivity contribution in [2.75, 3.05) is 31.1 Å². The number of amides is 1. The minimum absolute atomic E-state index is 0.0245. The van der Waals surface area contributed by atoms with Crippen molar-refractivity contribution in [3.05, 3.63) is 48.5 Å². The molecule has 4 rings (SSSR count). The van der Waals surface area contributed by atoms with Crippen LogP contribution in [0, 0.1) is 0 Å². The molecule has 1 aliphatic heterocycles. The normalized spacial score (nSPS) is 15.5. The Morgan fingerprint density at radius 3 is 2.83 bits per heavy atom. The fraction of sp³-hybridized carbons (Fsp3) is 0.294. The molecule has 0 radical (unpaired) electrons. The monoisotopic (exact) mass is 339 g/mol. The maximum Gasteiger partial charge on any atom is 0.272 e. The van der Waals surface area contributed by atoms with Crippen molar-refractivity contribution in [1.82, 2.24) is 19.9 Å². The smallest absolute Gasteiger partial charge is 0.272 e. The Bertz CT molecular complexity index is 817. The Kier molecular flexibility index (Phi) is 4.08. The Labute approximate surface area is 143 Å². The van der Waals surface area contributed by atoms with Crippen LogP contribution in [0.5, 0.6) is 0 Å². The number of carbonyl (C=O) groups is 1. The lowest BCUT2D eigenvalue weighted by Gasteiger charge is -2.21. The van der Waals surface area contributed by atoms with Crippen molar-refractivity contribution < 1.29 is 4.79 Å². The highest BCUT2D eigenvalue weighted by Crippen LogP contribution is 2.29.